The summed E-state index contributed by atoms with van der Waals surface area (Å²) in [6, 6.07) is 0. The van der Waals surface area contributed by atoms with Gasteiger partial charge in [0, 0.05) is 12.3 Å². The van der Waals surface area contributed by atoms with Gasteiger partial charge in [0.2, 0.25) is 0 Å². The van der Waals surface area contributed by atoms with E-state index in [1.807, 2.05) is 27.0 Å². The minimum absolute atomic E-state index is 0.172. The first-order valence-corrected chi connectivity index (χ1v) is 5.72. The molecule has 0 amide bonds. The van der Waals surface area contributed by atoms with Crippen molar-refractivity contribution in [3.8, 4) is 0 Å². The summed E-state index contributed by atoms with van der Waals surface area (Å²) in [6.45, 7) is 5.93. The first-order chi connectivity index (χ1) is 5.90. The zero-order valence-electron chi connectivity index (χ0n) is 8.79. The molecule has 0 aliphatic heterocycles. The summed E-state index contributed by atoms with van der Waals surface area (Å²) in [6.07, 6.45) is 1.95. The topological polar surface area (TPSA) is 52.3 Å². The Labute approximate surface area is 84.4 Å². The molecule has 0 aromatic carbocycles. The average molecular weight is 205 g/mol. The monoisotopic (exact) mass is 205 g/mol. The maximum atomic E-state index is 11.5. The predicted molar refractivity (Wildman–Crippen MR) is 56.8 cm³/mol. The maximum absolute atomic E-state index is 11.5. The summed E-state index contributed by atoms with van der Waals surface area (Å²) in [5, 5.41) is 0. The van der Waals surface area contributed by atoms with E-state index >= 15 is 0 Å². The second-order valence-corrected chi connectivity index (χ2v) is 4.83. The van der Waals surface area contributed by atoms with Crippen LogP contribution in [0, 0.1) is 5.92 Å². The molecule has 13 heavy (non-hydrogen) atoms. The lowest BCUT2D eigenvalue weighted by Crippen LogP contribution is -2.33. The SMILES string of the molecule is CSC[C@H](CN)C(=O)OC(C)(C)C. The molecule has 0 bridgehead atoms. The second kappa shape index (κ2) is 5.50. The van der Waals surface area contributed by atoms with E-state index in [1.165, 1.54) is 0 Å². The Bertz CT molecular complexity index is 165. The molecule has 0 rings (SSSR count). The molecule has 0 spiro atoms. The molecule has 0 aromatic rings. The molecule has 0 fully saturated rings. The van der Waals surface area contributed by atoms with Crippen LogP contribution < -0.4 is 5.73 Å². The van der Waals surface area contributed by atoms with Crippen molar-refractivity contribution in [3.63, 3.8) is 0 Å². The van der Waals surface area contributed by atoms with Crippen LogP contribution in [-0.4, -0.2) is 30.1 Å². The number of hydrogen-bond donors (Lipinski definition) is 1. The van der Waals surface area contributed by atoms with Crippen LogP contribution in [0.1, 0.15) is 20.8 Å². The molecule has 0 aliphatic rings. The smallest absolute Gasteiger partial charge is 0.311 e. The first kappa shape index (κ1) is 12.8. The van der Waals surface area contributed by atoms with Gasteiger partial charge in [-0.05, 0) is 27.0 Å². The van der Waals surface area contributed by atoms with Gasteiger partial charge < -0.3 is 10.5 Å². The van der Waals surface area contributed by atoms with Crippen molar-refractivity contribution in [3.05, 3.63) is 0 Å². The van der Waals surface area contributed by atoms with Crippen molar-refractivity contribution >= 4 is 17.7 Å². The number of rotatable bonds is 4. The molecule has 0 saturated carbocycles. The first-order valence-electron chi connectivity index (χ1n) is 4.32. The fraction of sp³-hybridized carbons (Fsp3) is 0.889. The fourth-order valence-electron chi connectivity index (χ4n) is 0.819. The number of thioether (sulfide) groups is 1. The lowest BCUT2D eigenvalue weighted by molar-refractivity contribution is -0.158. The molecule has 78 valence electrons. The Morgan fingerprint density at radius 3 is 2.38 bits per heavy atom. The van der Waals surface area contributed by atoms with Gasteiger partial charge in [-0.15, -0.1) is 0 Å². The fourth-order valence-corrected chi connectivity index (χ4v) is 1.49. The van der Waals surface area contributed by atoms with Gasteiger partial charge in [0.15, 0.2) is 0 Å². The molecular weight excluding hydrogens is 186 g/mol. The van der Waals surface area contributed by atoms with Gasteiger partial charge in [0.1, 0.15) is 5.60 Å². The minimum Gasteiger partial charge on any atom is -0.460 e. The van der Waals surface area contributed by atoms with Crippen molar-refractivity contribution in [2.45, 2.75) is 26.4 Å². The van der Waals surface area contributed by atoms with Gasteiger partial charge in [-0.3, -0.25) is 4.79 Å². The van der Waals surface area contributed by atoms with Crippen LogP contribution in [0.25, 0.3) is 0 Å². The maximum Gasteiger partial charge on any atom is 0.311 e. The quantitative estimate of drug-likeness (QED) is 0.702. The van der Waals surface area contributed by atoms with Crippen LogP contribution in [0.2, 0.25) is 0 Å². The molecule has 0 radical (unpaired) electrons. The van der Waals surface area contributed by atoms with Gasteiger partial charge in [0.25, 0.3) is 0 Å². The second-order valence-electron chi connectivity index (χ2n) is 3.92. The van der Waals surface area contributed by atoms with Gasteiger partial charge >= 0.3 is 5.97 Å². The lowest BCUT2D eigenvalue weighted by Gasteiger charge is -2.22. The van der Waals surface area contributed by atoms with Crippen molar-refractivity contribution < 1.29 is 9.53 Å². The predicted octanol–water partition coefficient (Wildman–Crippen LogP) is 1.27. The summed E-state index contributed by atoms with van der Waals surface area (Å²) in [5.41, 5.74) is 5.05. The number of carbonyl (C=O) groups is 1. The Morgan fingerprint density at radius 2 is 2.08 bits per heavy atom. The summed E-state index contributed by atoms with van der Waals surface area (Å²) in [5.74, 6) is 0.365. The molecule has 1 atom stereocenters. The zero-order valence-corrected chi connectivity index (χ0v) is 9.61. The van der Waals surface area contributed by atoms with E-state index < -0.39 is 5.60 Å². The zero-order chi connectivity index (χ0) is 10.5. The van der Waals surface area contributed by atoms with Crippen LogP contribution in [-0.2, 0) is 9.53 Å². The highest BCUT2D eigenvalue weighted by atomic mass is 32.2. The third-order valence-corrected chi connectivity index (χ3v) is 2.13. The third kappa shape index (κ3) is 5.93. The van der Waals surface area contributed by atoms with E-state index in [4.69, 9.17) is 10.5 Å². The third-order valence-electron chi connectivity index (χ3n) is 1.39. The summed E-state index contributed by atoms with van der Waals surface area (Å²) >= 11 is 1.61. The molecule has 2 N–H and O–H groups in total. The van der Waals surface area contributed by atoms with Gasteiger partial charge in [-0.1, -0.05) is 0 Å². The van der Waals surface area contributed by atoms with E-state index in [9.17, 15) is 4.79 Å². The molecular formula is C9H19NO2S. The van der Waals surface area contributed by atoms with E-state index in [0.29, 0.717) is 6.54 Å². The molecule has 4 heteroatoms. The Kier molecular flexibility index (Phi) is 5.40. The highest BCUT2D eigenvalue weighted by Gasteiger charge is 2.23. The number of hydrogen-bond acceptors (Lipinski definition) is 4. The average Bonchev–Trinajstić information content (AvgIpc) is 1.96. The van der Waals surface area contributed by atoms with Crippen LogP contribution in [0.15, 0.2) is 0 Å². The van der Waals surface area contributed by atoms with Crippen molar-refractivity contribution in [2.24, 2.45) is 11.7 Å². The van der Waals surface area contributed by atoms with Crippen LogP contribution >= 0.6 is 11.8 Å². The molecule has 0 unspecified atom stereocenters. The molecule has 0 heterocycles. The normalized spacial score (nSPS) is 13.9. The highest BCUT2D eigenvalue weighted by molar-refractivity contribution is 7.98. The minimum atomic E-state index is -0.414. The van der Waals surface area contributed by atoms with Crippen molar-refractivity contribution in [1.82, 2.24) is 0 Å². The number of ether oxygens (including phenoxy) is 1. The van der Waals surface area contributed by atoms with Crippen LogP contribution in [0.3, 0.4) is 0 Å². The molecule has 0 aromatic heterocycles. The van der Waals surface area contributed by atoms with E-state index in [0.717, 1.165) is 5.75 Å². The van der Waals surface area contributed by atoms with Gasteiger partial charge in [-0.25, -0.2) is 0 Å². The summed E-state index contributed by atoms with van der Waals surface area (Å²) < 4.78 is 5.21. The summed E-state index contributed by atoms with van der Waals surface area (Å²) in [4.78, 5) is 11.5. The molecule has 3 nitrogen and oxygen atoms in total. The highest BCUT2D eigenvalue weighted by Crippen LogP contribution is 2.13. The number of carbonyl (C=O) groups excluding carboxylic acids is 1. The Morgan fingerprint density at radius 1 is 1.54 bits per heavy atom. The lowest BCUT2D eigenvalue weighted by atomic mass is 10.1. The van der Waals surface area contributed by atoms with E-state index in [1.54, 1.807) is 11.8 Å². The molecule has 0 aliphatic carbocycles. The summed E-state index contributed by atoms with van der Waals surface area (Å²) in [7, 11) is 0. The largest absolute Gasteiger partial charge is 0.460 e. The molecule has 0 saturated heterocycles. The van der Waals surface area contributed by atoms with Crippen LogP contribution in [0.4, 0.5) is 0 Å². The van der Waals surface area contributed by atoms with E-state index in [-0.39, 0.29) is 11.9 Å². The van der Waals surface area contributed by atoms with E-state index in [2.05, 4.69) is 0 Å². The van der Waals surface area contributed by atoms with Crippen LogP contribution in [0.5, 0.6) is 0 Å². The van der Waals surface area contributed by atoms with Crippen molar-refractivity contribution in [1.29, 1.82) is 0 Å². The van der Waals surface area contributed by atoms with Gasteiger partial charge in [-0.2, -0.15) is 11.8 Å². The van der Waals surface area contributed by atoms with Crippen molar-refractivity contribution in [2.75, 3.05) is 18.6 Å². The number of esters is 1. The number of nitrogens with two attached hydrogens (primary N) is 1. The Balaban J connectivity index is 4.06. The van der Waals surface area contributed by atoms with Gasteiger partial charge in [0.05, 0.1) is 5.92 Å². The Hall–Kier alpha value is -0.220. The standard InChI is InChI=1S/C9H19NO2S/c1-9(2,3)12-8(11)7(5-10)6-13-4/h7H,5-6,10H2,1-4H3/t7-/m0/s1.